The van der Waals surface area contributed by atoms with Crippen molar-refractivity contribution in [1.82, 2.24) is 9.88 Å². The second kappa shape index (κ2) is 6.91. The first kappa shape index (κ1) is 15.1. The fourth-order valence-electron chi connectivity index (χ4n) is 2.52. The lowest BCUT2D eigenvalue weighted by Crippen LogP contribution is -2.24. The Hall–Kier alpha value is -1.32. The van der Waals surface area contributed by atoms with Crippen LogP contribution in [0.25, 0.3) is 10.9 Å². The smallest absolute Gasteiger partial charge is 0.0722 e. The van der Waals surface area contributed by atoms with E-state index in [0.717, 1.165) is 19.5 Å². The van der Waals surface area contributed by atoms with Gasteiger partial charge in [0.2, 0.25) is 0 Å². The van der Waals surface area contributed by atoms with Crippen LogP contribution in [0, 0.1) is 0 Å². The summed E-state index contributed by atoms with van der Waals surface area (Å²) >= 11 is 0. The molecular formula is C17H26N2O. The van der Waals surface area contributed by atoms with Gasteiger partial charge in [0.15, 0.2) is 0 Å². The molecule has 110 valence electrons. The Morgan fingerprint density at radius 2 is 1.95 bits per heavy atom. The summed E-state index contributed by atoms with van der Waals surface area (Å²) < 4.78 is 7.71. The molecule has 0 aliphatic rings. The van der Waals surface area contributed by atoms with Gasteiger partial charge in [-0.25, -0.2) is 0 Å². The molecule has 0 saturated heterocycles. The van der Waals surface area contributed by atoms with Crippen LogP contribution in [0.1, 0.15) is 26.3 Å². The van der Waals surface area contributed by atoms with Crippen LogP contribution in [0.15, 0.2) is 30.5 Å². The number of fused-ring (bicyclic) bond motifs is 1. The van der Waals surface area contributed by atoms with Crippen molar-refractivity contribution < 1.29 is 4.74 Å². The summed E-state index contributed by atoms with van der Waals surface area (Å²) in [6, 6.07) is 9.17. The lowest BCUT2D eigenvalue weighted by atomic mass is 10.1. The number of rotatable bonds is 7. The van der Waals surface area contributed by atoms with Crippen molar-refractivity contribution in [3.8, 4) is 0 Å². The molecule has 0 bridgehead atoms. The standard InChI is InChI=1S/C17H26N2O/c1-13(2)18-10-9-15-12-19(11-14(3)20-4)17-8-6-5-7-16(15)17/h5-8,12-14,18H,9-11H2,1-4H3. The first-order valence-electron chi connectivity index (χ1n) is 7.44. The number of ether oxygens (including phenoxy) is 1. The predicted octanol–water partition coefficient (Wildman–Crippen LogP) is 3.22. The van der Waals surface area contributed by atoms with Crippen LogP contribution >= 0.6 is 0 Å². The van der Waals surface area contributed by atoms with E-state index >= 15 is 0 Å². The van der Waals surface area contributed by atoms with Crippen LogP contribution in [-0.4, -0.2) is 30.4 Å². The van der Waals surface area contributed by atoms with E-state index in [9.17, 15) is 0 Å². The molecule has 2 rings (SSSR count). The molecule has 0 spiro atoms. The number of hydrogen-bond donors (Lipinski definition) is 1. The molecular weight excluding hydrogens is 248 g/mol. The summed E-state index contributed by atoms with van der Waals surface area (Å²) in [6.45, 7) is 8.39. The van der Waals surface area contributed by atoms with Crippen LogP contribution < -0.4 is 5.32 Å². The highest BCUT2D eigenvalue weighted by molar-refractivity contribution is 5.84. The van der Waals surface area contributed by atoms with E-state index in [4.69, 9.17) is 4.74 Å². The van der Waals surface area contributed by atoms with Crippen molar-refractivity contribution in [3.63, 3.8) is 0 Å². The van der Waals surface area contributed by atoms with Crippen molar-refractivity contribution in [2.24, 2.45) is 0 Å². The molecule has 0 radical (unpaired) electrons. The molecule has 0 amide bonds. The number of nitrogens with one attached hydrogen (secondary N) is 1. The molecule has 1 aromatic carbocycles. The third-order valence-corrected chi connectivity index (χ3v) is 3.67. The Kier molecular flexibility index (Phi) is 5.21. The van der Waals surface area contributed by atoms with Crippen molar-refractivity contribution in [3.05, 3.63) is 36.0 Å². The molecule has 0 fully saturated rings. The summed E-state index contributed by atoms with van der Waals surface area (Å²) in [7, 11) is 1.77. The first-order chi connectivity index (χ1) is 9.61. The average Bonchev–Trinajstić information content (AvgIpc) is 2.77. The SMILES string of the molecule is COC(C)Cn1cc(CCNC(C)C)c2ccccc21. The van der Waals surface area contributed by atoms with Crippen LogP contribution in [-0.2, 0) is 17.7 Å². The molecule has 1 heterocycles. The van der Waals surface area contributed by atoms with E-state index in [1.54, 1.807) is 7.11 Å². The third-order valence-electron chi connectivity index (χ3n) is 3.67. The Labute approximate surface area is 121 Å². The maximum absolute atomic E-state index is 5.39. The molecule has 1 aromatic heterocycles. The highest BCUT2D eigenvalue weighted by Gasteiger charge is 2.10. The molecule has 20 heavy (non-hydrogen) atoms. The van der Waals surface area contributed by atoms with E-state index in [0.29, 0.717) is 6.04 Å². The number of hydrogen-bond acceptors (Lipinski definition) is 2. The lowest BCUT2D eigenvalue weighted by molar-refractivity contribution is 0.104. The van der Waals surface area contributed by atoms with Gasteiger partial charge in [0.05, 0.1) is 6.10 Å². The van der Waals surface area contributed by atoms with Gasteiger partial charge in [-0.1, -0.05) is 32.0 Å². The second-order valence-corrected chi connectivity index (χ2v) is 5.73. The van der Waals surface area contributed by atoms with E-state index in [1.807, 2.05) is 0 Å². The topological polar surface area (TPSA) is 26.2 Å². The minimum atomic E-state index is 0.229. The summed E-state index contributed by atoms with van der Waals surface area (Å²) in [5.74, 6) is 0. The summed E-state index contributed by atoms with van der Waals surface area (Å²) in [6.07, 6.45) is 3.57. The minimum Gasteiger partial charge on any atom is -0.380 e. The number of benzene rings is 1. The second-order valence-electron chi connectivity index (χ2n) is 5.73. The van der Waals surface area contributed by atoms with E-state index in [2.05, 4.69) is 61.1 Å². The predicted molar refractivity (Wildman–Crippen MR) is 85.3 cm³/mol. The van der Waals surface area contributed by atoms with E-state index < -0.39 is 0 Å². The molecule has 3 heteroatoms. The average molecular weight is 274 g/mol. The van der Waals surface area contributed by atoms with Gasteiger partial charge in [0.1, 0.15) is 0 Å². The zero-order valence-corrected chi connectivity index (χ0v) is 13.0. The molecule has 0 saturated carbocycles. The van der Waals surface area contributed by atoms with Gasteiger partial charge in [-0.15, -0.1) is 0 Å². The van der Waals surface area contributed by atoms with Crippen molar-refractivity contribution >= 4 is 10.9 Å². The summed E-state index contributed by atoms with van der Waals surface area (Å²) in [4.78, 5) is 0. The van der Waals surface area contributed by atoms with Crippen LogP contribution in [0.4, 0.5) is 0 Å². The van der Waals surface area contributed by atoms with Gasteiger partial charge in [0, 0.05) is 36.8 Å². The maximum atomic E-state index is 5.39. The highest BCUT2D eigenvalue weighted by Crippen LogP contribution is 2.22. The zero-order chi connectivity index (χ0) is 14.5. The van der Waals surface area contributed by atoms with Gasteiger partial charge in [-0.05, 0) is 31.5 Å². The lowest BCUT2D eigenvalue weighted by Gasteiger charge is -2.11. The van der Waals surface area contributed by atoms with Gasteiger partial charge < -0.3 is 14.6 Å². The number of aromatic nitrogens is 1. The van der Waals surface area contributed by atoms with E-state index in [-0.39, 0.29) is 6.10 Å². The Morgan fingerprint density at radius 3 is 2.65 bits per heavy atom. The molecule has 0 aliphatic heterocycles. The molecule has 2 aromatic rings. The monoisotopic (exact) mass is 274 g/mol. The minimum absolute atomic E-state index is 0.229. The van der Waals surface area contributed by atoms with E-state index in [1.165, 1.54) is 16.5 Å². The van der Waals surface area contributed by atoms with Crippen molar-refractivity contribution in [2.45, 2.75) is 45.9 Å². The van der Waals surface area contributed by atoms with Crippen LogP contribution in [0.5, 0.6) is 0 Å². The Bertz CT molecular complexity index is 545. The van der Waals surface area contributed by atoms with Gasteiger partial charge in [0.25, 0.3) is 0 Å². The largest absolute Gasteiger partial charge is 0.380 e. The molecule has 3 nitrogen and oxygen atoms in total. The number of nitrogens with zero attached hydrogens (tertiary/aromatic N) is 1. The summed E-state index contributed by atoms with van der Waals surface area (Å²) in [5, 5.41) is 4.85. The molecule has 0 aliphatic carbocycles. The van der Waals surface area contributed by atoms with Crippen molar-refractivity contribution in [2.75, 3.05) is 13.7 Å². The maximum Gasteiger partial charge on any atom is 0.0722 e. The number of para-hydroxylation sites is 1. The van der Waals surface area contributed by atoms with Crippen LogP contribution in [0.3, 0.4) is 0 Å². The van der Waals surface area contributed by atoms with Crippen LogP contribution in [0.2, 0.25) is 0 Å². The Morgan fingerprint density at radius 1 is 1.20 bits per heavy atom. The van der Waals surface area contributed by atoms with Gasteiger partial charge >= 0.3 is 0 Å². The quantitative estimate of drug-likeness (QED) is 0.839. The van der Waals surface area contributed by atoms with Gasteiger partial charge in [-0.2, -0.15) is 0 Å². The normalized spacial score (nSPS) is 13.2. The van der Waals surface area contributed by atoms with Gasteiger partial charge in [-0.3, -0.25) is 0 Å². The zero-order valence-electron chi connectivity index (χ0n) is 13.0. The molecule has 1 unspecified atom stereocenters. The molecule has 1 atom stereocenters. The van der Waals surface area contributed by atoms with Crippen molar-refractivity contribution in [1.29, 1.82) is 0 Å². The fourth-order valence-corrected chi connectivity index (χ4v) is 2.52. The third kappa shape index (κ3) is 3.62. The number of methoxy groups -OCH3 is 1. The highest BCUT2D eigenvalue weighted by atomic mass is 16.5. The fraction of sp³-hybridized carbons (Fsp3) is 0.529. The first-order valence-corrected chi connectivity index (χ1v) is 7.44. The molecule has 1 N–H and O–H groups in total. The summed E-state index contributed by atoms with van der Waals surface area (Å²) in [5.41, 5.74) is 2.72. The Balaban J connectivity index is 2.21.